The predicted molar refractivity (Wildman–Crippen MR) is 124 cm³/mol. The van der Waals surface area contributed by atoms with Crippen LogP contribution < -0.4 is 16.6 Å². The van der Waals surface area contributed by atoms with Gasteiger partial charge in [-0.25, -0.2) is 9.18 Å². The van der Waals surface area contributed by atoms with Gasteiger partial charge in [-0.3, -0.25) is 19.1 Å². The Morgan fingerprint density at radius 3 is 2.56 bits per heavy atom. The van der Waals surface area contributed by atoms with Crippen molar-refractivity contribution in [2.45, 2.75) is 13.5 Å². The summed E-state index contributed by atoms with van der Waals surface area (Å²) in [6.07, 6.45) is 0. The highest BCUT2D eigenvalue weighted by Gasteiger charge is 2.21. The Kier molecular flexibility index (Phi) is 7.29. The van der Waals surface area contributed by atoms with Crippen LogP contribution in [-0.2, 0) is 11.3 Å². The molecule has 0 spiro atoms. The quantitative estimate of drug-likeness (QED) is 0.556. The third kappa shape index (κ3) is 5.46. The second-order valence-corrected chi connectivity index (χ2v) is 8.11. The molecule has 2 heterocycles. The lowest BCUT2D eigenvalue weighted by atomic mass is 10.2. The third-order valence-corrected chi connectivity index (χ3v) is 5.59. The van der Waals surface area contributed by atoms with E-state index in [1.807, 2.05) is 13.0 Å². The molecule has 1 aliphatic heterocycles. The Morgan fingerprint density at radius 2 is 1.85 bits per heavy atom. The van der Waals surface area contributed by atoms with Gasteiger partial charge in [0, 0.05) is 26.2 Å². The van der Waals surface area contributed by atoms with E-state index < -0.39 is 23.0 Å². The molecule has 0 saturated carbocycles. The molecule has 1 N–H and O–H groups in total. The van der Waals surface area contributed by atoms with Crippen LogP contribution >= 0.6 is 0 Å². The van der Waals surface area contributed by atoms with Crippen LogP contribution in [0.3, 0.4) is 0 Å². The average molecular weight is 468 g/mol. The monoisotopic (exact) mass is 467 g/mol. The molecule has 1 saturated heterocycles. The van der Waals surface area contributed by atoms with Crippen molar-refractivity contribution in [2.24, 2.45) is 0 Å². The third-order valence-electron chi connectivity index (χ3n) is 5.59. The highest BCUT2D eigenvalue weighted by Crippen LogP contribution is 2.08. The van der Waals surface area contributed by atoms with Gasteiger partial charge in [0.15, 0.2) is 0 Å². The van der Waals surface area contributed by atoms with Gasteiger partial charge >= 0.3 is 5.69 Å². The van der Waals surface area contributed by atoms with Gasteiger partial charge in [0.2, 0.25) is 5.69 Å². The lowest BCUT2D eigenvalue weighted by Gasteiger charge is -2.26. The molecule has 3 aromatic rings. The van der Waals surface area contributed by atoms with Crippen molar-refractivity contribution in [1.82, 2.24) is 24.6 Å². The van der Waals surface area contributed by atoms with E-state index in [-0.39, 0.29) is 12.2 Å². The summed E-state index contributed by atoms with van der Waals surface area (Å²) in [5.41, 5.74) is -0.0161. The summed E-state index contributed by atoms with van der Waals surface area (Å²) in [4.78, 5) is 41.4. The Labute approximate surface area is 195 Å². The summed E-state index contributed by atoms with van der Waals surface area (Å²) in [6, 6.07) is 12.5. The van der Waals surface area contributed by atoms with E-state index in [0.29, 0.717) is 37.6 Å². The highest BCUT2D eigenvalue weighted by atomic mass is 19.1. The maximum absolute atomic E-state index is 13.3. The Balaban J connectivity index is 1.67. The van der Waals surface area contributed by atoms with Crippen molar-refractivity contribution < 1.29 is 13.9 Å². The number of carbonyl (C=O) groups excluding carboxylic acids is 1. The standard InChI is InChI=1S/C24H26FN5O4/c1-17-3-2-4-20(15-17)30-24(33)29(16-18-5-7-19(25)8-6-18)23(32)21(27-30)22(31)26-9-10-28-11-13-34-14-12-28/h2-8,15H,9-14,16H2,1H3,(H,26,31). The van der Waals surface area contributed by atoms with E-state index in [1.165, 1.54) is 24.3 Å². The number of morpholine rings is 1. The van der Waals surface area contributed by atoms with Crippen LogP contribution in [0.15, 0.2) is 58.1 Å². The number of aromatic nitrogens is 3. The molecule has 178 valence electrons. The molecular weight excluding hydrogens is 441 g/mol. The lowest BCUT2D eigenvalue weighted by Crippen LogP contribution is -2.47. The SMILES string of the molecule is Cc1cccc(-n2nc(C(=O)NCCN3CCOCC3)c(=O)n(Cc3ccc(F)cc3)c2=O)c1. The van der Waals surface area contributed by atoms with Crippen LogP contribution in [0.25, 0.3) is 5.69 Å². The summed E-state index contributed by atoms with van der Waals surface area (Å²) in [7, 11) is 0. The zero-order valence-corrected chi connectivity index (χ0v) is 18.9. The van der Waals surface area contributed by atoms with Gasteiger partial charge in [0.25, 0.3) is 11.5 Å². The molecule has 1 aromatic heterocycles. The van der Waals surface area contributed by atoms with E-state index in [2.05, 4.69) is 15.3 Å². The Morgan fingerprint density at radius 1 is 1.12 bits per heavy atom. The van der Waals surface area contributed by atoms with Crippen molar-refractivity contribution in [2.75, 3.05) is 39.4 Å². The van der Waals surface area contributed by atoms with Crippen LogP contribution in [0, 0.1) is 12.7 Å². The van der Waals surface area contributed by atoms with Crippen LogP contribution in [-0.4, -0.2) is 64.5 Å². The molecule has 0 radical (unpaired) electrons. The number of ether oxygens (including phenoxy) is 1. The molecular formula is C24H26FN5O4. The number of amides is 1. The van der Waals surface area contributed by atoms with Crippen molar-refractivity contribution >= 4 is 5.91 Å². The fourth-order valence-corrected chi connectivity index (χ4v) is 3.73. The summed E-state index contributed by atoms with van der Waals surface area (Å²) in [5, 5.41) is 6.86. The van der Waals surface area contributed by atoms with Gasteiger partial charge in [-0.1, -0.05) is 24.3 Å². The first-order valence-corrected chi connectivity index (χ1v) is 11.1. The summed E-state index contributed by atoms with van der Waals surface area (Å²) in [5.74, 6) is -1.09. The van der Waals surface area contributed by atoms with Crippen LogP contribution in [0.5, 0.6) is 0 Å². The van der Waals surface area contributed by atoms with E-state index in [4.69, 9.17) is 4.74 Å². The molecule has 0 aliphatic carbocycles. The zero-order valence-electron chi connectivity index (χ0n) is 18.9. The minimum Gasteiger partial charge on any atom is -0.379 e. The molecule has 0 atom stereocenters. The van der Waals surface area contributed by atoms with E-state index >= 15 is 0 Å². The molecule has 34 heavy (non-hydrogen) atoms. The number of benzene rings is 2. The maximum atomic E-state index is 13.3. The van der Waals surface area contributed by atoms with Crippen LogP contribution in [0.1, 0.15) is 21.6 Å². The summed E-state index contributed by atoms with van der Waals surface area (Å²) in [6.45, 7) is 5.50. The van der Waals surface area contributed by atoms with Gasteiger partial charge in [-0.2, -0.15) is 9.78 Å². The first-order valence-electron chi connectivity index (χ1n) is 11.1. The van der Waals surface area contributed by atoms with Gasteiger partial charge in [-0.15, -0.1) is 0 Å². The molecule has 4 rings (SSSR count). The average Bonchev–Trinajstić information content (AvgIpc) is 2.83. The van der Waals surface area contributed by atoms with Crippen molar-refractivity contribution in [1.29, 1.82) is 0 Å². The first kappa shape index (κ1) is 23.5. The molecule has 0 bridgehead atoms. The van der Waals surface area contributed by atoms with Gasteiger partial charge in [0.05, 0.1) is 25.4 Å². The predicted octanol–water partition coefficient (Wildman–Crippen LogP) is 0.952. The second kappa shape index (κ2) is 10.5. The number of rotatable bonds is 7. The number of hydrogen-bond acceptors (Lipinski definition) is 6. The molecule has 0 unspecified atom stereocenters. The summed E-state index contributed by atoms with van der Waals surface area (Å²) >= 11 is 0. The van der Waals surface area contributed by atoms with Gasteiger partial charge in [-0.05, 0) is 42.3 Å². The van der Waals surface area contributed by atoms with Crippen molar-refractivity contribution in [3.63, 3.8) is 0 Å². The number of carbonyl (C=O) groups is 1. The van der Waals surface area contributed by atoms with Crippen molar-refractivity contribution in [3.05, 3.63) is 92.0 Å². The zero-order chi connectivity index (χ0) is 24.1. The van der Waals surface area contributed by atoms with Crippen LogP contribution in [0.4, 0.5) is 4.39 Å². The molecule has 2 aromatic carbocycles. The fraction of sp³-hybridized carbons (Fsp3) is 0.333. The fourth-order valence-electron chi connectivity index (χ4n) is 3.73. The number of nitrogens with zero attached hydrogens (tertiary/aromatic N) is 4. The summed E-state index contributed by atoms with van der Waals surface area (Å²) < 4.78 is 20.6. The van der Waals surface area contributed by atoms with Gasteiger partial charge in [0.1, 0.15) is 5.82 Å². The Hall–Kier alpha value is -3.63. The number of aryl methyl sites for hydroxylation is 1. The minimum atomic E-state index is -0.804. The topological polar surface area (TPSA) is 98.5 Å². The molecule has 9 nitrogen and oxygen atoms in total. The highest BCUT2D eigenvalue weighted by molar-refractivity contribution is 5.91. The second-order valence-electron chi connectivity index (χ2n) is 8.11. The first-order chi connectivity index (χ1) is 16.4. The van der Waals surface area contributed by atoms with E-state index in [0.717, 1.165) is 27.9 Å². The smallest absolute Gasteiger partial charge is 0.352 e. The van der Waals surface area contributed by atoms with E-state index in [9.17, 15) is 18.8 Å². The van der Waals surface area contributed by atoms with Crippen molar-refractivity contribution in [3.8, 4) is 5.69 Å². The normalized spacial score (nSPS) is 14.2. The maximum Gasteiger partial charge on any atom is 0.352 e. The minimum absolute atomic E-state index is 0.125. The number of hydrogen-bond donors (Lipinski definition) is 1. The number of nitrogens with one attached hydrogen (secondary N) is 1. The molecule has 1 fully saturated rings. The number of halogens is 1. The van der Waals surface area contributed by atoms with Crippen LogP contribution in [0.2, 0.25) is 0 Å². The lowest BCUT2D eigenvalue weighted by molar-refractivity contribution is 0.0383. The largest absolute Gasteiger partial charge is 0.379 e. The van der Waals surface area contributed by atoms with E-state index in [1.54, 1.807) is 18.2 Å². The molecule has 1 aliphatic rings. The molecule has 1 amide bonds. The molecule has 10 heteroatoms. The van der Waals surface area contributed by atoms with Gasteiger partial charge < -0.3 is 10.1 Å². The Bertz CT molecular complexity index is 1280.